The highest BCUT2D eigenvalue weighted by Gasteiger charge is 2.29. The van der Waals surface area contributed by atoms with E-state index in [1.165, 1.54) is 19.3 Å². The first kappa shape index (κ1) is 16.9. The summed E-state index contributed by atoms with van der Waals surface area (Å²) in [4.78, 5) is 17.3. The maximum atomic E-state index is 13.2. The highest BCUT2D eigenvalue weighted by atomic mass is 16.2. The van der Waals surface area contributed by atoms with Gasteiger partial charge in [-0.3, -0.25) is 4.90 Å². The third-order valence-corrected chi connectivity index (χ3v) is 4.44. The molecule has 0 unspecified atom stereocenters. The fourth-order valence-electron chi connectivity index (χ4n) is 3.40. The number of rotatable bonds is 6. The summed E-state index contributed by atoms with van der Waals surface area (Å²) in [6.07, 6.45) is 8.07. The maximum Gasteiger partial charge on any atom is 0.324 e. The largest absolute Gasteiger partial charge is 0.324 e. The SMILES string of the molecule is CCCN(CCC)C(=O)N(c1ccccc1)C1CCCCC1. The zero-order valence-electron chi connectivity index (χ0n) is 14.1. The van der Waals surface area contributed by atoms with Gasteiger partial charge in [0, 0.05) is 24.8 Å². The average Bonchev–Trinajstić information content (AvgIpc) is 2.57. The number of benzene rings is 1. The van der Waals surface area contributed by atoms with E-state index in [1.807, 2.05) is 23.1 Å². The lowest BCUT2D eigenvalue weighted by molar-refractivity contribution is 0.199. The Labute approximate surface area is 135 Å². The summed E-state index contributed by atoms with van der Waals surface area (Å²) in [6, 6.07) is 10.8. The van der Waals surface area contributed by atoms with Crippen LogP contribution in [0.1, 0.15) is 58.8 Å². The average molecular weight is 302 g/mol. The molecule has 122 valence electrons. The number of nitrogens with zero attached hydrogens (tertiary/aromatic N) is 2. The van der Waals surface area contributed by atoms with Gasteiger partial charge in [0.25, 0.3) is 0 Å². The van der Waals surface area contributed by atoms with Crippen LogP contribution in [0.25, 0.3) is 0 Å². The molecule has 0 saturated heterocycles. The molecule has 0 aromatic heterocycles. The van der Waals surface area contributed by atoms with Crippen molar-refractivity contribution in [3.05, 3.63) is 30.3 Å². The molecule has 1 aromatic carbocycles. The molecule has 22 heavy (non-hydrogen) atoms. The number of carbonyl (C=O) groups is 1. The van der Waals surface area contributed by atoms with Gasteiger partial charge in [0.2, 0.25) is 0 Å². The van der Waals surface area contributed by atoms with Gasteiger partial charge in [-0.25, -0.2) is 4.79 Å². The third kappa shape index (κ3) is 4.25. The topological polar surface area (TPSA) is 23.6 Å². The van der Waals surface area contributed by atoms with Crippen molar-refractivity contribution in [2.24, 2.45) is 0 Å². The second-order valence-electron chi connectivity index (χ2n) is 6.27. The quantitative estimate of drug-likeness (QED) is 0.720. The molecule has 1 aliphatic rings. The van der Waals surface area contributed by atoms with Gasteiger partial charge in [-0.2, -0.15) is 0 Å². The zero-order valence-corrected chi connectivity index (χ0v) is 14.1. The van der Waals surface area contributed by atoms with E-state index in [9.17, 15) is 4.79 Å². The van der Waals surface area contributed by atoms with Crippen molar-refractivity contribution in [2.75, 3.05) is 18.0 Å². The van der Waals surface area contributed by atoms with Gasteiger partial charge < -0.3 is 4.90 Å². The summed E-state index contributed by atoms with van der Waals surface area (Å²) in [6.45, 7) is 5.98. The number of anilines is 1. The van der Waals surface area contributed by atoms with Crippen molar-refractivity contribution >= 4 is 11.7 Å². The van der Waals surface area contributed by atoms with Crippen LogP contribution < -0.4 is 4.90 Å². The first-order chi connectivity index (χ1) is 10.8. The molecule has 0 N–H and O–H groups in total. The van der Waals surface area contributed by atoms with Crippen LogP contribution in [0, 0.1) is 0 Å². The molecule has 1 aliphatic carbocycles. The number of para-hydroxylation sites is 1. The fourth-order valence-corrected chi connectivity index (χ4v) is 3.40. The predicted molar refractivity (Wildman–Crippen MR) is 93.3 cm³/mol. The second kappa shape index (κ2) is 8.82. The third-order valence-electron chi connectivity index (χ3n) is 4.44. The molecule has 0 atom stereocenters. The first-order valence-electron chi connectivity index (χ1n) is 8.91. The summed E-state index contributed by atoms with van der Waals surface area (Å²) in [5, 5.41) is 0. The van der Waals surface area contributed by atoms with Crippen LogP contribution >= 0.6 is 0 Å². The van der Waals surface area contributed by atoms with Crippen molar-refractivity contribution in [3.63, 3.8) is 0 Å². The van der Waals surface area contributed by atoms with Crippen molar-refractivity contribution in [1.29, 1.82) is 0 Å². The summed E-state index contributed by atoms with van der Waals surface area (Å²) >= 11 is 0. The Kier molecular flexibility index (Phi) is 6.75. The van der Waals surface area contributed by atoms with E-state index in [0.29, 0.717) is 6.04 Å². The zero-order chi connectivity index (χ0) is 15.8. The van der Waals surface area contributed by atoms with E-state index < -0.39 is 0 Å². The molecular weight excluding hydrogens is 272 g/mol. The molecule has 2 amide bonds. The number of amides is 2. The Balaban J connectivity index is 2.24. The van der Waals surface area contributed by atoms with E-state index in [-0.39, 0.29) is 6.03 Å². The molecular formula is C19H30N2O. The summed E-state index contributed by atoms with van der Waals surface area (Å²) in [5.74, 6) is 0. The first-order valence-corrected chi connectivity index (χ1v) is 8.91. The number of hydrogen-bond donors (Lipinski definition) is 0. The van der Waals surface area contributed by atoms with E-state index in [0.717, 1.165) is 44.5 Å². The lowest BCUT2D eigenvalue weighted by Gasteiger charge is -2.38. The highest BCUT2D eigenvalue weighted by Crippen LogP contribution is 2.28. The lowest BCUT2D eigenvalue weighted by Crippen LogP contribution is -2.49. The van der Waals surface area contributed by atoms with Gasteiger partial charge >= 0.3 is 6.03 Å². The molecule has 0 radical (unpaired) electrons. The van der Waals surface area contributed by atoms with Crippen LogP contribution in [0.15, 0.2) is 30.3 Å². The minimum Gasteiger partial charge on any atom is -0.324 e. The normalized spacial score (nSPS) is 15.5. The smallest absolute Gasteiger partial charge is 0.324 e. The monoisotopic (exact) mass is 302 g/mol. The molecule has 1 saturated carbocycles. The van der Waals surface area contributed by atoms with Gasteiger partial charge in [0.15, 0.2) is 0 Å². The summed E-state index contributed by atoms with van der Waals surface area (Å²) < 4.78 is 0. The Morgan fingerprint density at radius 1 is 1.00 bits per heavy atom. The van der Waals surface area contributed by atoms with Gasteiger partial charge in [-0.1, -0.05) is 51.3 Å². The highest BCUT2D eigenvalue weighted by molar-refractivity contribution is 5.92. The molecule has 0 heterocycles. The molecule has 1 fully saturated rings. The number of urea groups is 1. The van der Waals surface area contributed by atoms with Crippen molar-refractivity contribution in [3.8, 4) is 0 Å². The molecule has 3 nitrogen and oxygen atoms in total. The second-order valence-corrected chi connectivity index (χ2v) is 6.27. The maximum absolute atomic E-state index is 13.2. The van der Waals surface area contributed by atoms with Crippen LogP contribution in [-0.2, 0) is 0 Å². The van der Waals surface area contributed by atoms with Crippen LogP contribution in [0.2, 0.25) is 0 Å². The molecule has 0 bridgehead atoms. The summed E-state index contributed by atoms with van der Waals surface area (Å²) in [7, 11) is 0. The van der Waals surface area contributed by atoms with Gasteiger partial charge in [-0.15, -0.1) is 0 Å². The van der Waals surface area contributed by atoms with Gasteiger partial charge in [0.1, 0.15) is 0 Å². The predicted octanol–water partition coefficient (Wildman–Crippen LogP) is 5.07. The molecule has 2 rings (SSSR count). The Bertz CT molecular complexity index is 434. The van der Waals surface area contributed by atoms with E-state index in [4.69, 9.17) is 0 Å². The minimum absolute atomic E-state index is 0.196. The van der Waals surface area contributed by atoms with E-state index in [1.54, 1.807) is 0 Å². The standard InChI is InChI=1S/C19H30N2O/c1-3-15-20(16-4-2)19(22)21(17-11-7-5-8-12-17)18-13-9-6-10-14-18/h5,7-8,11-12,18H,3-4,6,9-10,13-16H2,1-2H3. The molecule has 3 heteroatoms. The van der Waals surface area contributed by atoms with Gasteiger partial charge in [0.05, 0.1) is 0 Å². The van der Waals surface area contributed by atoms with E-state index in [2.05, 4.69) is 30.9 Å². The summed E-state index contributed by atoms with van der Waals surface area (Å²) in [5.41, 5.74) is 1.05. The van der Waals surface area contributed by atoms with Crippen LogP contribution in [0.3, 0.4) is 0 Å². The van der Waals surface area contributed by atoms with Crippen LogP contribution in [-0.4, -0.2) is 30.1 Å². The minimum atomic E-state index is 0.196. The Morgan fingerprint density at radius 3 is 2.14 bits per heavy atom. The van der Waals surface area contributed by atoms with Crippen molar-refractivity contribution < 1.29 is 4.79 Å². The molecule has 0 aliphatic heterocycles. The Hall–Kier alpha value is -1.51. The number of carbonyl (C=O) groups excluding carboxylic acids is 1. The van der Waals surface area contributed by atoms with Crippen molar-refractivity contribution in [1.82, 2.24) is 4.90 Å². The fraction of sp³-hybridized carbons (Fsp3) is 0.632. The van der Waals surface area contributed by atoms with Crippen LogP contribution in [0.4, 0.5) is 10.5 Å². The number of hydrogen-bond acceptors (Lipinski definition) is 1. The van der Waals surface area contributed by atoms with Gasteiger partial charge in [-0.05, 0) is 37.8 Å². The van der Waals surface area contributed by atoms with Crippen molar-refractivity contribution in [2.45, 2.75) is 64.8 Å². The Morgan fingerprint density at radius 2 is 1.59 bits per heavy atom. The molecule has 1 aromatic rings. The lowest BCUT2D eigenvalue weighted by atomic mass is 9.94. The molecule has 0 spiro atoms. The van der Waals surface area contributed by atoms with Crippen LogP contribution in [0.5, 0.6) is 0 Å². The van der Waals surface area contributed by atoms with E-state index >= 15 is 0 Å².